The van der Waals surface area contributed by atoms with Gasteiger partial charge in [-0.05, 0) is 76.9 Å². The number of nitrogens with two attached hydrogens (primary N) is 1. The Morgan fingerprint density at radius 2 is 1.02 bits per heavy atom. The monoisotopic (exact) mass is 715 g/mol. The molecule has 0 bridgehead atoms. The number of fused-ring (bicyclic) bond motifs is 2. The molecule has 0 amide bonds. The number of rotatable bonds is 9. The number of anilines is 1. The normalized spacial score (nSPS) is 11.9. The molecule has 0 saturated heterocycles. The first kappa shape index (κ1) is 36.2. The summed E-state index contributed by atoms with van der Waals surface area (Å²) < 4.78 is 0. The quantitative estimate of drug-likeness (QED) is 0.0679. The van der Waals surface area contributed by atoms with Crippen LogP contribution in [0.3, 0.4) is 0 Å². The zero-order valence-electron chi connectivity index (χ0n) is 30.9. The summed E-state index contributed by atoms with van der Waals surface area (Å²) in [5, 5.41) is 39.3. The van der Waals surface area contributed by atoms with Gasteiger partial charge >= 0.3 is 0 Å². The summed E-state index contributed by atoms with van der Waals surface area (Å²) in [6, 6.07) is 53.6. The molecule has 5 N–H and O–H groups in total. The van der Waals surface area contributed by atoms with Crippen LogP contribution >= 0.6 is 0 Å². The number of amidine groups is 4. The summed E-state index contributed by atoms with van der Waals surface area (Å²) in [6.07, 6.45) is 7.89. The fourth-order valence-electron chi connectivity index (χ4n) is 6.95. The van der Waals surface area contributed by atoms with Crippen LogP contribution in [0.15, 0.2) is 188 Å². The van der Waals surface area contributed by atoms with Crippen LogP contribution < -0.4 is 10.3 Å². The van der Waals surface area contributed by atoms with E-state index in [1.165, 1.54) is 0 Å². The summed E-state index contributed by atoms with van der Waals surface area (Å²) >= 11 is 0. The Morgan fingerprint density at radius 1 is 0.527 bits per heavy atom. The van der Waals surface area contributed by atoms with Crippen molar-refractivity contribution in [3.63, 3.8) is 0 Å². The van der Waals surface area contributed by atoms with Crippen molar-refractivity contribution >= 4 is 50.6 Å². The molecule has 7 aromatic rings. The molecule has 0 saturated carbocycles. The number of hydrogen-bond acceptors (Lipinski definition) is 3. The topological polar surface area (TPSA) is 104 Å². The lowest BCUT2D eigenvalue weighted by molar-refractivity contribution is -0.113. The highest BCUT2D eigenvalue weighted by Gasteiger charge is 2.29. The average molecular weight is 716 g/mol. The molecule has 0 aliphatic heterocycles. The third kappa shape index (κ3) is 7.52. The molecule has 0 aliphatic rings. The lowest BCUT2D eigenvalue weighted by atomic mass is 9.99. The highest BCUT2D eigenvalue weighted by molar-refractivity contribution is 6.29. The molecule has 6 nitrogen and oxygen atoms in total. The molecule has 1 unspecified atom stereocenters. The summed E-state index contributed by atoms with van der Waals surface area (Å²) in [5.41, 5.74) is 5.83. The van der Waals surface area contributed by atoms with Crippen LogP contribution in [0.4, 0.5) is 5.69 Å². The maximum absolute atomic E-state index is 9.40. The maximum atomic E-state index is 9.40. The molecule has 0 fully saturated rings. The Balaban J connectivity index is 1.15. The molecule has 55 heavy (non-hydrogen) atoms. The minimum absolute atomic E-state index is 0.243. The summed E-state index contributed by atoms with van der Waals surface area (Å²) in [7, 11) is 0. The highest BCUT2D eigenvalue weighted by atomic mass is 15.2. The minimum atomic E-state index is -0.250. The zero-order chi connectivity index (χ0) is 38.3. The van der Waals surface area contributed by atoms with Gasteiger partial charge in [0, 0.05) is 16.7 Å². The van der Waals surface area contributed by atoms with E-state index in [1.807, 2.05) is 184 Å². The molecule has 268 valence electrons. The van der Waals surface area contributed by atoms with Crippen molar-refractivity contribution in [2.24, 2.45) is 0 Å². The van der Waals surface area contributed by atoms with E-state index in [0.29, 0.717) is 11.4 Å². The number of nitrogens with zero attached hydrogens (tertiary/aromatic N) is 2. The lowest BCUT2D eigenvalue weighted by Crippen LogP contribution is -2.54. The number of benzene rings is 7. The van der Waals surface area contributed by atoms with Gasteiger partial charge in [0.1, 0.15) is 17.4 Å². The summed E-state index contributed by atoms with van der Waals surface area (Å²) in [6.45, 7) is 3.97. The zero-order valence-corrected chi connectivity index (χ0v) is 30.9. The molecule has 0 aliphatic carbocycles. The van der Waals surface area contributed by atoms with Crippen molar-refractivity contribution in [3.05, 3.63) is 210 Å². The molecule has 0 radical (unpaired) electrons. The summed E-state index contributed by atoms with van der Waals surface area (Å²) in [4.78, 5) is 3.57. The molecule has 0 spiro atoms. The van der Waals surface area contributed by atoms with Gasteiger partial charge < -0.3 is 4.90 Å². The predicted molar refractivity (Wildman–Crippen MR) is 230 cm³/mol. The van der Waals surface area contributed by atoms with Crippen LogP contribution in [0, 0.1) is 16.2 Å². The second kappa shape index (κ2) is 16.2. The molecule has 0 aromatic heterocycles. The predicted octanol–water partition coefficient (Wildman–Crippen LogP) is 9.87. The molecule has 0 heterocycles. The summed E-state index contributed by atoms with van der Waals surface area (Å²) in [5.74, 6) is 1.25. The Hall–Kier alpha value is -7.18. The van der Waals surface area contributed by atoms with Crippen LogP contribution in [0.2, 0.25) is 0 Å². The Morgan fingerprint density at radius 3 is 1.60 bits per heavy atom. The maximum Gasteiger partial charge on any atom is 0.287 e. The number of para-hydroxylation sites is 1. The lowest BCUT2D eigenvalue weighted by Gasteiger charge is -2.31. The Labute approximate surface area is 322 Å². The second-order valence-electron chi connectivity index (χ2n) is 13.3. The first-order valence-electron chi connectivity index (χ1n) is 18.3. The van der Waals surface area contributed by atoms with Crippen LogP contribution in [0.25, 0.3) is 32.7 Å². The van der Waals surface area contributed by atoms with Crippen molar-refractivity contribution < 1.29 is 5.41 Å². The van der Waals surface area contributed by atoms with Crippen LogP contribution in [-0.4, -0.2) is 34.3 Å². The Bertz CT molecular complexity index is 2570. The van der Waals surface area contributed by atoms with Crippen LogP contribution in [-0.2, 0) is 0 Å². The Kier molecular flexibility index (Phi) is 10.7. The molecular formula is C49H43N6+. The van der Waals surface area contributed by atoms with Gasteiger partial charge in [-0.1, -0.05) is 158 Å². The molecule has 1 atom stereocenters. The molecule has 6 heteroatoms. The van der Waals surface area contributed by atoms with Crippen molar-refractivity contribution in [2.45, 2.75) is 19.9 Å². The minimum Gasteiger partial charge on any atom is -0.304 e. The van der Waals surface area contributed by atoms with Crippen LogP contribution in [0.5, 0.6) is 0 Å². The third-order valence-electron chi connectivity index (χ3n) is 9.82. The van der Waals surface area contributed by atoms with E-state index in [0.717, 1.165) is 55.0 Å². The van der Waals surface area contributed by atoms with Gasteiger partial charge in [0.15, 0.2) is 0 Å². The van der Waals surface area contributed by atoms with Gasteiger partial charge in [-0.2, -0.15) is 4.90 Å². The van der Waals surface area contributed by atoms with Crippen molar-refractivity contribution in [3.8, 4) is 11.1 Å². The fourth-order valence-corrected chi connectivity index (χ4v) is 6.95. The fraction of sp³-hybridized carbons (Fsp3) is 0.0612. The molecular weight excluding hydrogens is 673 g/mol. The van der Waals surface area contributed by atoms with E-state index < -0.39 is 0 Å². The van der Waals surface area contributed by atoms with Gasteiger partial charge in [-0.3, -0.25) is 21.6 Å². The van der Waals surface area contributed by atoms with Gasteiger partial charge in [-0.15, -0.1) is 0 Å². The molecule has 7 aromatic carbocycles. The number of hydrogen-bond donors (Lipinski definition) is 4. The van der Waals surface area contributed by atoms with E-state index in [9.17, 15) is 16.2 Å². The van der Waals surface area contributed by atoms with Gasteiger partial charge in [0.05, 0.1) is 11.6 Å². The standard InChI is InChI=1S/C49H42N6/c1-3-4-6-15-34(2)54(48(52)44-24-13-18-37-16-9-11-22-42(37)44)46(50)39-30-26-35(27-31-39)36-28-32-40(33-29-36)47(51)55(41-20-7-5-8-21-41)49(53)45-25-14-19-38-17-10-12-23-43(38)45/h3-34,50-53H,1-2H3/p+1/b4-3-,15-6-,50-46?,51-47?,52-48?,53-49?. The second-order valence-corrected chi connectivity index (χ2v) is 13.3. The van der Waals surface area contributed by atoms with Crippen molar-refractivity contribution in [2.75, 3.05) is 4.90 Å². The van der Waals surface area contributed by atoms with E-state index in [2.05, 4.69) is 18.2 Å². The van der Waals surface area contributed by atoms with E-state index in [4.69, 9.17) is 5.41 Å². The average Bonchev–Trinajstić information content (AvgIpc) is 3.24. The van der Waals surface area contributed by atoms with Gasteiger partial charge in [-0.25, -0.2) is 0 Å². The van der Waals surface area contributed by atoms with E-state index in [1.54, 1.807) is 9.80 Å². The number of nitrogens with one attached hydrogen (secondary N) is 3. The largest absolute Gasteiger partial charge is 0.304 e. The smallest absolute Gasteiger partial charge is 0.287 e. The van der Waals surface area contributed by atoms with Crippen molar-refractivity contribution in [1.29, 1.82) is 16.2 Å². The molecule has 7 rings (SSSR count). The SMILES string of the molecule is C/C=C\C=C/C(C)N(C(=N)c1ccc(-c2ccc(C(=N)N(C(=[NH2+])c3cccc4ccccc34)c3ccccc3)cc2)cc1)C(=N)c1cccc2ccccc12. The van der Waals surface area contributed by atoms with Gasteiger partial charge in [0.25, 0.3) is 5.84 Å². The third-order valence-corrected chi connectivity index (χ3v) is 9.82. The first-order chi connectivity index (χ1) is 26.9. The van der Waals surface area contributed by atoms with Crippen molar-refractivity contribution in [1.82, 2.24) is 4.90 Å². The van der Waals surface area contributed by atoms with E-state index >= 15 is 0 Å². The van der Waals surface area contributed by atoms with E-state index in [-0.39, 0.29) is 23.5 Å². The highest BCUT2D eigenvalue weighted by Crippen LogP contribution is 2.27. The number of allylic oxidation sites excluding steroid dienone is 3. The van der Waals surface area contributed by atoms with Gasteiger partial charge in [0.2, 0.25) is 5.84 Å². The van der Waals surface area contributed by atoms with Crippen LogP contribution in [0.1, 0.15) is 36.1 Å². The first-order valence-corrected chi connectivity index (χ1v) is 18.3.